The molecule has 0 aliphatic carbocycles. The topological polar surface area (TPSA) is 82.1 Å². The van der Waals surface area contributed by atoms with E-state index in [4.69, 9.17) is 19.3 Å². The second-order valence-corrected chi connectivity index (χ2v) is 2.72. The van der Waals surface area contributed by atoms with Crippen LogP contribution in [0.15, 0.2) is 0 Å². The van der Waals surface area contributed by atoms with E-state index >= 15 is 0 Å². The van der Waals surface area contributed by atoms with Crippen molar-refractivity contribution in [2.24, 2.45) is 0 Å². The van der Waals surface area contributed by atoms with Crippen molar-refractivity contribution >= 4 is 11.9 Å². The Morgan fingerprint density at radius 3 is 2.25 bits per heavy atom. The molecular weight excluding hydrogens is 269 g/mol. The monoisotopic (exact) mass is 284 g/mol. The minimum atomic E-state index is -1.01. The molecule has 7 heteroatoms. The van der Waals surface area contributed by atoms with Gasteiger partial charge < -0.3 is 19.3 Å². The Bertz CT molecular complexity index is 196. The Labute approximate surface area is 107 Å². The number of hydrogen-bond donors (Lipinski definition) is 1. The van der Waals surface area contributed by atoms with Gasteiger partial charge in [-0.05, 0) is 0 Å². The maximum atomic E-state index is 10.9. The zero-order chi connectivity index (χ0) is 11.5. The number of esters is 1. The minimum absolute atomic E-state index is 0. The van der Waals surface area contributed by atoms with Crippen LogP contribution in [0.4, 0.5) is 0 Å². The van der Waals surface area contributed by atoms with E-state index in [9.17, 15) is 9.59 Å². The molecule has 0 saturated carbocycles. The van der Waals surface area contributed by atoms with Crippen LogP contribution in [0.25, 0.3) is 0 Å². The number of rotatable bonds is 9. The zero-order valence-corrected chi connectivity index (χ0v) is 12.4. The molecule has 0 aliphatic heterocycles. The molecule has 0 spiro atoms. The summed E-state index contributed by atoms with van der Waals surface area (Å²) in [5.41, 5.74) is 0. The first-order valence-corrected chi connectivity index (χ1v) is 4.61. The van der Waals surface area contributed by atoms with E-state index < -0.39 is 11.9 Å². The summed E-state index contributed by atoms with van der Waals surface area (Å²) in [4.78, 5) is 21.0. The average Bonchev–Trinajstić information content (AvgIpc) is 2.20. The molecule has 0 saturated heterocycles. The maximum absolute atomic E-state index is 10.9. The van der Waals surface area contributed by atoms with Gasteiger partial charge in [-0.25, -0.2) is 0 Å². The second-order valence-electron chi connectivity index (χ2n) is 2.72. The number of methoxy groups -OCH3 is 1. The Balaban J connectivity index is 0. The van der Waals surface area contributed by atoms with Gasteiger partial charge in [0.2, 0.25) is 0 Å². The molecule has 90 valence electrons. The van der Waals surface area contributed by atoms with Crippen molar-refractivity contribution in [1.29, 1.82) is 0 Å². The number of ether oxygens (including phenoxy) is 3. The van der Waals surface area contributed by atoms with Gasteiger partial charge in [-0.15, -0.1) is 0 Å². The van der Waals surface area contributed by atoms with Gasteiger partial charge in [0.25, 0.3) is 0 Å². The van der Waals surface area contributed by atoms with Crippen LogP contribution in [-0.4, -0.2) is 50.6 Å². The van der Waals surface area contributed by atoms with Crippen LogP contribution in [0, 0.1) is 0 Å². The number of aliphatic carboxylic acids is 1. The number of carboxylic acids is 1. The van der Waals surface area contributed by atoms with Crippen LogP contribution in [0.5, 0.6) is 0 Å². The van der Waals surface area contributed by atoms with Gasteiger partial charge in [0.15, 0.2) is 0 Å². The molecule has 0 rings (SSSR count). The summed E-state index contributed by atoms with van der Waals surface area (Å²) in [5, 5.41) is 8.28. The van der Waals surface area contributed by atoms with Crippen LogP contribution in [0.1, 0.15) is 12.8 Å². The molecule has 0 fully saturated rings. The van der Waals surface area contributed by atoms with E-state index in [1.807, 2.05) is 0 Å². The quantitative estimate of drug-likeness (QED) is 0.366. The third-order valence-electron chi connectivity index (χ3n) is 1.47. The molecule has 0 radical (unpaired) electrons. The van der Waals surface area contributed by atoms with Gasteiger partial charge in [0.05, 0.1) is 32.7 Å². The molecule has 0 heterocycles. The molecule has 0 aromatic heterocycles. The van der Waals surface area contributed by atoms with E-state index in [1.165, 1.54) is 0 Å². The molecule has 6 nitrogen and oxygen atoms in total. The van der Waals surface area contributed by atoms with Crippen LogP contribution < -0.4 is 0 Å². The summed E-state index contributed by atoms with van der Waals surface area (Å²) in [7, 11) is 1.56. The fourth-order valence-electron chi connectivity index (χ4n) is 0.740. The van der Waals surface area contributed by atoms with E-state index in [0.717, 1.165) is 0 Å². The molecule has 1 N–H and O–H groups in total. The molecule has 0 amide bonds. The van der Waals surface area contributed by atoms with E-state index in [-0.39, 0.29) is 38.9 Å². The van der Waals surface area contributed by atoms with Crippen molar-refractivity contribution in [3.05, 3.63) is 0 Å². The molecule has 16 heavy (non-hydrogen) atoms. The Hall–Kier alpha value is -0.517. The molecule has 0 aliphatic rings. The molecule has 0 unspecified atom stereocenters. The first-order chi connectivity index (χ1) is 7.16. The van der Waals surface area contributed by atoms with Crippen molar-refractivity contribution in [2.45, 2.75) is 12.8 Å². The summed E-state index contributed by atoms with van der Waals surface area (Å²) in [6.45, 7) is 1.38. The van der Waals surface area contributed by atoms with Gasteiger partial charge in [-0.2, -0.15) is 0 Å². The standard InChI is InChI=1S/C9H16O6.Zn/c1-13-4-5-14-6-7-15-9(12)3-2-8(10)11;/h2-7H2,1H3,(H,10,11);. The van der Waals surface area contributed by atoms with Crippen LogP contribution >= 0.6 is 0 Å². The van der Waals surface area contributed by atoms with Crippen molar-refractivity contribution in [1.82, 2.24) is 0 Å². The molecule has 0 aromatic rings. The first-order valence-electron chi connectivity index (χ1n) is 4.61. The van der Waals surface area contributed by atoms with Gasteiger partial charge in [-0.1, -0.05) is 0 Å². The summed E-state index contributed by atoms with van der Waals surface area (Å²) in [6, 6.07) is 0. The van der Waals surface area contributed by atoms with Crippen LogP contribution in [0.3, 0.4) is 0 Å². The molecule has 0 bridgehead atoms. The van der Waals surface area contributed by atoms with E-state index in [1.54, 1.807) is 7.11 Å². The SMILES string of the molecule is COCCOCCOC(=O)CCC(=O)O.[Zn]. The summed E-state index contributed by atoms with van der Waals surface area (Å²) >= 11 is 0. The predicted molar refractivity (Wildman–Crippen MR) is 50.5 cm³/mol. The van der Waals surface area contributed by atoms with Crippen LogP contribution in [-0.2, 0) is 43.3 Å². The summed E-state index contributed by atoms with van der Waals surface area (Å²) < 4.78 is 14.5. The van der Waals surface area contributed by atoms with Gasteiger partial charge in [-0.3, -0.25) is 9.59 Å². The number of hydrogen-bond acceptors (Lipinski definition) is 5. The molecule has 0 atom stereocenters. The summed E-state index contributed by atoms with van der Waals surface area (Å²) in [5.74, 6) is -1.53. The number of carbonyl (C=O) groups is 2. The van der Waals surface area contributed by atoms with Gasteiger partial charge in [0.1, 0.15) is 6.61 Å². The van der Waals surface area contributed by atoms with Crippen molar-refractivity contribution in [3.8, 4) is 0 Å². The maximum Gasteiger partial charge on any atom is 0.306 e. The van der Waals surface area contributed by atoms with E-state index in [2.05, 4.69) is 0 Å². The fourth-order valence-corrected chi connectivity index (χ4v) is 0.740. The zero-order valence-electron chi connectivity index (χ0n) is 9.44. The second kappa shape index (κ2) is 12.6. The predicted octanol–water partition coefficient (Wildman–Crippen LogP) is 0.0549. The van der Waals surface area contributed by atoms with Gasteiger partial charge >= 0.3 is 11.9 Å². The molecule has 0 aromatic carbocycles. The number of carbonyl (C=O) groups excluding carboxylic acids is 1. The molecular formula is C9H16O6Zn. The fraction of sp³-hybridized carbons (Fsp3) is 0.778. The van der Waals surface area contributed by atoms with Crippen molar-refractivity contribution in [3.63, 3.8) is 0 Å². The van der Waals surface area contributed by atoms with Crippen LogP contribution in [0.2, 0.25) is 0 Å². The smallest absolute Gasteiger partial charge is 0.306 e. The third-order valence-corrected chi connectivity index (χ3v) is 1.47. The third kappa shape index (κ3) is 13.5. The van der Waals surface area contributed by atoms with E-state index in [0.29, 0.717) is 19.8 Å². The largest absolute Gasteiger partial charge is 0.481 e. The Kier molecular flexibility index (Phi) is 14.0. The summed E-state index contributed by atoms with van der Waals surface area (Å²) in [6.07, 6.45) is -0.309. The van der Waals surface area contributed by atoms with Crippen molar-refractivity contribution < 1.29 is 48.4 Å². The first kappa shape index (κ1) is 17.9. The normalized spacial score (nSPS) is 9.31. The van der Waals surface area contributed by atoms with Gasteiger partial charge in [0, 0.05) is 26.6 Å². The Morgan fingerprint density at radius 1 is 1.06 bits per heavy atom. The average molecular weight is 286 g/mol. The number of carboxylic acid groups (broad SMARTS) is 1. The minimum Gasteiger partial charge on any atom is -0.481 e. The Morgan fingerprint density at radius 2 is 1.69 bits per heavy atom. The van der Waals surface area contributed by atoms with Crippen molar-refractivity contribution in [2.75, 3.05) is 33.5 Å².